The van der Waals surface area contributed by atoms with Gasteiger partial charge in [0, 0.05) is 0 Å². The molecule has 0 aliphatic carbocycles. The van der Waals surface area contributed by atoms with E-state index in [-0.39, 0.29) is 19.8 Å². The van der Waals surface area contributed by atoms with Crippen LogP contribution in [0.3, 0.4) is 0 Å². The summed E-state index contributed by atoms with van der Waals surface area (Å²) in [5.74, 6) is 0. The van der Waals surface area contributed by atoms with Crippen LogP contribution in [0.15, 0.2) is 131 Å². The Kier molecular flexibility index (Phi) is 8.35. The van der Waals surface area contributed by atoms with Crippen molar-refractivity contribution in [2.45, 2.75) is 32.5 Å². The van der Waals surface area contributed by atoms with E-state index in [9.17, 15) is 14.4 Å². The van der Waals surface area contributed by atoms with Gasteiger partial charge in [-0.2, -0.15) is 0 Å². The molecular formula is C30H31N3O4Si. The Hall–Kier alpha value is -4.27. The molecule has 8 heteroatoms. The topological polar surface area (TPSA) is 75.2 Å². The minimum atomic E-state index is -2.83. The molecule has 1 aromatic heterocycles. The SMILES string of the molecule is C=CCn1c(=O)n(CC=C)c(=O)n(COC(C)[Si](c2ccccc2)(c2ccccc2)c2ccccc2)c1=O. The standard InChI is InChI=1S/C30H31N3O4Si/c1-4-21-31-28(34)32(22-5-2)30(36)33(29(31)35)23-37-24(3)38(25-15-9-6-10-16-25,26-17-11-7-12-18-26)27-19-13-8-14-20-27/h4-20,24H,1-2,21-23H2,3H3. The first-order valence-corrected chi connectivity index (χ1v) is 14.5. The van der Waals surface area contributed by atoms with Gasteiger partial charge in [0.15, 0.2) is 8.07 Å². The number of hydrogen-bond donors (Lipinski definition) is 0. The summed E-state index contributed by atoms with van der Waals surface area (Å²) in [4.78, 5) is 39.2. The van der Waals surface area contributed by atoms with Gasteiger partial charge >= 0.3 is 17.1 Å². The molecule has 1 unspecified atom stereocenters. The Balaban J connectivity index is 1.88. The van der Waals surface area contributed by atoms with Crippen molar-refractivity contribution in [3.63, 3.8) is 0 Å². The lowest BCUT2D eigenvalue weighted by Crippen LogP contribution is -2.74. The van der Waals surface area contributed by atoms with Gasteiger partial charge in [-0.15, -0.1) is 13.2 Å². The van der Waals surface area contributed by atoms with E-state index in [1.807, 2.05) is 61.5 Å². The van der Waals surface area contributed by atoms with E-state index in [0.29, 0.717) is 0 Å². The maximum absolute atomic E-state index is 13.2. The van der Waals surface area contributed by atoms with Crippen LogP contribution < -0.4 is 32.6 Å². The van der Waals surface area contributed by atoms with Crippen LogP contribution in [0.4, 0.5) is 0 Å². The second-order valence-corrected chi connectivity index (χ2v) is 13.1. The molecule has 0 saturated carbocycles. The Morgan fingerprint density at radius 1 is 0.658 bits per heavy atom. The predicted molar refractivity (Wildman–Crippen MR) is 154 cm³/mol. The number of allylic oxidation sites excluding steroid dienone is 2. The minimum absolute atomic E-state index is 0.0264. The van der Waals surface area contributed by atoms with E-state index in [1.54, 1.807) is 0 Å². The quantitative estimate of drug-likeness (QED) is 0.169. The normalized spacial score (nSPS) is 12.1. The zero-order valence-electron chi connectivity index (χ0n) is 21.4. The lowest BCUT2D eigenvalue weighted by molar-refractivity contribution is 0.0501. The van der Waals surface area contributed by atoms with Crippen molar-refractivity contribution in [3.05, 3.63) is 148 Å². The van der Waals surface area contributed by atoms with E-state index in [2.05, 4.69) is 49.6 Å². The van der Waals surface area contributed by atoms with Gasteiger partial charge in [-0.05, 0) is 22.5 Å². The predicted octanol–water partition coefficient (Wildman–Crippen LogP) is 1.62. The average molecular weight is 526 g/mol. The highest BCUT2D eigenvalue weighted by atomic mass is 28.3. The summed E-state index contributed by atoms with van der Waals surface area (Å²) in [6, 6.07) is 30.7. The fraction of sp³-hybridized carbons (Fsp3) is 0.167. The third-order valence-electron chi connectivity index (χ3n) is 6.76. The van der Waals surface area contributed by atoms with Gasteiger partial charge in [-0.25, -0.2) is 28.1 Å². The van der Waals surface area contributed by atoms with Crippen molar-refractivity contribution in [1.29, 1.82) is 0 Å². The average Bonchev–Trinajstić information content (AvgIpc) is 2.95. The van der Waals surface area contributed by atoms with Crippen LogP contribution in [0.1, 0.15) is 6.92 Å². The lowest BCUT2D eigenvalue weighted by Gasteiger charge is -2.38. The molecule has 7 nitrogen and oxygen atoms in total. The van der Waals surface area contributed by atoms with Crippen LogP contribution in [0.5, 0.6) is 0 Å². The second-order valence-electron chi connectivity index (χ2n) is 8.92. The highest BCUT2D eigenvalue weighted by Gasteiger charge is 2.45. The summed E-state index contributed by atoms with van der Waals surface area (Å²) in [6.07, 6.45) is 2.88. The first kappa shape index (κ1) is 26.8. The van der Waals surface area contributed by atoms with Crippen molar-refractivity contribution >= 4 is 23.6 Å². The molecule has 0 N–H and O–H groups in total. The first-order valence-electron chi connectivity index (χ1n) is 12.4. The maximum Gasteiger partial charge on any atom is 0.338 e. The van der Waals surface area contributed by atoms with E-state index >= 15 is 0 Å². The molecule has 3 aromatic carbocycles. The van der Waals surface area contributed by atoms with Crippen LogP contribution in [-0.2, 0) is 24.6 Å². The zero-order chi connectivity index (χ0) is 27.1. The van der Waals surface area contributed by atoms with Crippen molar-refractivity contribution in [2.24, 2.45) is 0 Å². The Bertz CT molecular complexity index is 1430. The second kappa shape index (κ2) is 11.8. The van der Waals surface area contributed by atoms with Crippen molar-refractivity contribution < 1.29 is 4.74 Å². The van der Waals surface area contributed by atoms with Crippen molar-refractivity contribution in [1.82, 2.24) is 13.7 Å². The molecule has 0 aliphatic rings. The van der Waals surface area contributed by atoms with E-state index in [1.165, 1.54) is 12.2 Å². The van der Waals surface area contributed by atoms with E-state index in [4.69, 9.17) is 4.74 Å². The molecular weight excluding hydrogens is 494 g/mol. The van der Waals surface area contributed by atoms with E-state index in [0.717, 1.165) is 29.3 Å². The monoisotopic (exact) mass is 525 g/mol. The van der Waals surface area contributed by atoms with Gasteiger partial charge in [0.1, 0.15) is 6.73 Å². The third-order valence-corrected chi connectivity index (χ3v) is 11.9. The largest absolute Gasteiger partial charge is 0.360 e. The van der Waals surface area contributed by atoms with Crippen LogP contribution in [-0.4, -0.2) is 27.5 Å². The van der Waals surface area contributed by atoms with Gasteiger partial charge in [0.25, 0.3) is 0 Å². The maximum atomic E-state index is 13.2. The lowest BCUT2D eigenvalue weighted by atomic mass is 10.3. The third kappa shape index (κ3) is 4.83. The van der Waals surface area contributed by atoms with Gasteiger partial charge in [0.2, 0.25) is 0 Å². The molecule has 0 aliphatic heterocycles. The summed E-state index contributed by atoms with van der Waals surface area (Å²) in [5.41, 5.74) is -2.57. The number of benzene rings is 3. The molecule has 1 heterocycles. The molecule has 194 valence electrons. The molecule has 4 rings (SSSR count). The minimum Gasteiger partial charge on any atom is -0.360 e. The van der Waals surface area contributed by atoms with Gasteiger partial charge in [-0.3, -0.25) is 0 Å². The number of hydrogen-bond acceptors (Lipinski definition) is 4. The summed E-state index contributed by atoms with van der Waals surface area (Å²) in [5, 5.41) is 3.41. The molecule has 0 radical (unpaired) electrons. The van der Waals surface area contributed by atoms with E-state index < -0.39 is 30.9 Å². The van der Waals surface area contributed by atoms with Gasteiger partial charge < -0.3 is 4.74 Å². The number of nitrogens with zero attached hydrogens (tertiary/aromatic N) is 3. The number of ether oxygens (including phenoxy) is 1. The Morgan fingerprint density at radius 2 is 1.00 bits per heavy atom. The van der Waals surface area contributed by atoms with Crippen LogP contribution in [0, 0.1) is 0 Å². The summed E-state index contributed by atoms with van der Waals surface area (Å²) < 4.78 is 9.38. The molecule has 0 fully saturated rings. The number of rotatable bonds is 11. The van der Waals surface area contributed by atoms with Gasteiger partial charge in [-0.1, -0.05) is 103 Å². The first-order chi connectivity index (χ1) is 18.5. The van der Waals surface area contributed by atoms with Crippen molar-refractivity contribution in [2.75, 3.05) is 0 Å². The smallest absolute Gasteiger partial charge is 0.338 e. The Morgan fingerprint density at radius 3 is 1.34 bits per heavy atom. The Labute approximate surface area is 222 Å². The molecule has 1 atom stereocenters. The van der Waals surface area contributed by atoms with Crippen LogP contribution >= 0.6 is 0 Å². The molecule has 0 bridgehead atoms. The summed E-state index contributed by atoms with van der Waals surface area (Å²) in [6.45, 7) is 8.89. The van der Waals surface area contributed by atoms with Crippen LogP contribution in [0.2, 0.25) is 0 Å². The summed E-state index contributed by atoms with van der Waals surface area (Å²) in [7, 11) is -2.83. The molecule has 38 heavy (non-hydrogen) atoms. The number of aromatic nitrogens is 3. The molecule has 0 spiro atoms. The van der Waals surface area contributed by atoms with Crippen LogP contribution in [0.25, 0.3) is 0 Å². The molecule has 0 saturated heterocycles. The zero-order valence-corrected chi connectivity index (χ0v) is 22.4. The summed E-state index contributed by atoms with van der Waals surface area (Å²) >= 11 is 0. The van der Waals surface area contributed by atoms with Crippen molar-refractivity contribution in [3.8, 4) is 0 Å². The fourth-order valence-electron chi connectivity index (χ4n) is 4.98. The van der Waals surface area contributed by atoms with Gasteiger partial charge in [0.05, 0.1) is 18.8 Å². The fourth-order valence-corrected chi connectivity index (χ4v) is 9.87. The highest BCUT2D eigenvalue weighted by Crippen LogP contribution is 2.15. The molecule has 4 aromatic rings. The molecule has 0 amide bonds. The highest BCUT2D eigenvalue weighted by molar-refractivity contribution is 7.12.